The Labute approximate surface area is 206 Å². The minimum atomic E-state index is -0.527. The predicted octanol–water partition coefficient (Wildman–Crippen LogP) is 4.25. The summed E-state index contributed by atoms with van der Waals surface area (Å²) in [5.41, 5.74) is 2.52. The maximum atomic E-state index is 12.6. The van der Waals surface area contributed by atoms with Crippen LogP contribution in [0, 0.1) is 3.57 Å². The molecule has 0 aliphatic carbocycles. The zero-order valence-electron chi connectivity index (χ0n) is 17.8. The van der Waals surface area contributed by atoms with Crippen molar-refractivity contribution in [3.63, 3.8) is 0 Å². The summed E-state index contributed by atoms with van der Waals surface area (Å²) >= 11 is 7.26. The topological polar surface area (TPSA) is 67.9 Å². The number of carbonyl (C=O) groups is 2. The van der Waals surface area contributed by atoms with Crippen LogP contribution in [0.2, 0.25) is 0 Å². The standard InChI is InChI=1S/C24H23IN2O4S/c1-4-6-17-11-16(12-19-22(28)26-24(32)27(3)23(19)29)13-20(30-5-2)21(17)31-14-15-7-9-18(25)10-8-15/h4,7-13H,1,5-6,14H2,2-3H3,(H,26,28,32)/b19-12+. The van der Waals surface area contributed by atoms with Gasteiger partial charge in [-0.15, -0.1) is 6.58 Å². The van der Waals surface area contributed by atoms with E-state index in [1.165, 1.54) is 18.0 Å². The maximum absolute atomic E-state index is 12.6. The lowest BCUT2D eigenvalue weighted by atomic mass is 10.0. The number of rotatable bonds is 8. The Hall–Kier alpha value is -2.72. The van der Waals surface area contributed by atoms with Crippen LogP contribution in [0.5, 0.6) is 11.5 Å². The number of nitrogens with one attached hydrogen (secondary N) is 1. The Morgan fingerprint density at radius 1 is 1.19 bits per heavy atom. The molecule has 2 aromatic rings. The first kappa shape index (κ1) is 23.9. The molecule has 2 aromatic carbocycles. The van der Waals surface area contributed by atoms with Crippen molar-refractivity contribution in [2.75, 3.05) is 13.7 Å². The number of thiocarbonyl (C=S) groups is 1. The van der Waals surface area contributed by atoms with Crippen LogP contribution < -0.4 is 14.8 Å². The summed E-state index contributed by atoms with van der Waals surface area (Å²) in [6.07, 6.45) is 3.83. The fraction of sp³-hybridized carbons (Fsp3) is 0.208. The molecule has 166 valence electrons. The molecule has 0 radical (unpaired) electrons. The number of likely N-dealkylation sites (N-methyl/N-ethyl adjacent to an activating group) is 1. The van der Waals surface area contributed by atoms with Crippen LogP contribution in [0.4, 0.5) is 0 Å². The van der Waals surface area contributed by atoms with Gasteiger partial charge in [0.2, 0.25) is 0 Å². The molecule has 6 nitrogen and oxygen atoms in total. The Bertz CT molecular complexity index is 1100. The van der Waals surface area contributed by atoms with Crippen LogP contribution in [-0.2, 0) is 22.6 Å². The molecule has 1 saturated heterocycles. The summed E-state index contributed by atoms with van der Waals surface area (Å²) < 4.78 is 13.1. The average molecular weight is 562 g/mol. The lowest BCUT2D eigenvalue weighted by molar-refractivity contribution is -0.128. The first-order chi connectivity index (χ1) is 15.3. The van der Waals surface area contributed by atoms with Gasteiger partial charge in [0.1, 0.15) is 12.2 Å². The molecule has 1 aliphatic rings. The van der Waals surface area contributed by atoms with Crippen LogP contribution in [-0.4, -0.2) is 35.5 Å². The third-order valence-electron chi connectivity index (χ3n) is 4.73. The first-order valence-electron chi connectivity index (χ1n) is 9.97. The highest BCUT2D eigenvalue weighted by atomic mass is 127. The summed E-state index contributed by atoms with van der Waals surface area (Å²) in [4.78, 5) is 26.1. The van der Waals surface area contributed by atoms with Crippen molar-refractivity contribution < 1.29 is 19.1 Å². The van der Waals surface area contributed by atoms with Crippen molar-refractivity contribution in [2.24, 2.45) is 0 Å². The number of halogens is 1. The quantitative estimate of drug-likeness (QED) is 0.171. The Morgan fingerprint density at radius 3 is 2.56 bits per heavy atom. The minimum absolute atomic E-state index is 0.000610. The van der Waals surface area contributed by atoms with Gasteiger partial charge >= 0.3 is 0 Å². The monoisotopic (exact) mass is 562 g/mol. The SMILES string of the molecule is C=CCc1cc(/C=C2\C(=O)NC(=S)N(C)C2=O)cc(OCC)c1OCc1ccc(I)cc1. The van der Waals surface area contributed by atoms with Crippen LogP contribution in [0.15, 0.2) is 54.6 Å². The summed E-state index contributed by atoms with van der Waals surface area (Å²) in [6.45, 7) is 6.53. The van der Waals surface area contributed by atoms with E-state index in [4.69, 9.17) is 21.7 Å². The molecule has 1 fully saturated rings. The van der Waals surface area contributed by atoms with Crippen molar-refractivity contribution in [3.05, 3.63) is 74.9 Å². The van der Waals surface area contributed by atoms with Crippen molar-refractivity contribution in [1.29, 1.82) is 0 Å². The van der Waals surface area contributed by atoms with E-state index in [-0.39, 0.29) is 10.7 Å². The molecule has 0 aromatic heterocycles. The normalized spacial score (nSPS) is 15.0. The highest BCUT2D eigenvalue weighted by Gasteiger charge is 2.31. The summed E-state index contributed by atoms with van der Waals surface area (Å²) in [5, 5.41) is 2.60. The van der Waals surface area contributed by atoms with E-state index in [9.17, 15) is 9.59 Å². The van der Waals surface area contributed by atoms with E-state index in [1.807, 2.05) is 37.3 Å². The number of benzene rings is 2. The summed E-state index contributed by atoms with van der Waals surface area (Å²) in [5.74, 6) is 0.170. The van der Waals surface area contributed by atoms with Gasteiger partial charge in [0.15, 0.2) is 16.6 Å². The van der Waals surface area contributed by atoms with Gasteiger partial charge < -0.3 is 9.47 Å². The van der Waals surface area contributed by atoms with Crippen LogP contribution in [0.25, 0.3) is 6.08 Å². The highest BCUT2D eigenvalue weighted by Crippen LogP contribution is 2.35. The van der Waals surface area contributed by atoms with E-state index in [2.05, 4.69) is 34.5 Å². The number of carbonyl (C=O) groups excluding carboxylic acids is 2. The van der Waals surface area contributed by atoms with Gasteiger partial charge in [-0.1, -0.05) is 18.2 Å². The van der Waals surface area contributed by atoms with E-state index in [1.54, 1.807) is 12.1 Å². The van der Waals surface area contributed by atoms with E-state index in [0.29, 0.717) is 36.7 Å². The van der Waals surface area contributed by atoms with Crippen molar-refractivity contribution in [3.8, 4) is 11.5 Å². The Kier molecular flexibility index (Phi) is 8.03. The summed E-state index contributed by atoms with van der Waals surface area (Å²) in [6, 6.07) is 11.7. The average Bonchev–Trinajstić information content (AvgIpc) is 2.76. The van der Waals surface area contributed by atoms with Crippen LogP contribution >= 0.6 is 34.8 Å². The number of ether oxygens (including phenoxy) is 2. The Balaban J connectivity index is 1.99. The number of nitrogens with zero attached hydrogens (tertiary/aromatic N) is 1. The second kappa shape index (κ2) is 10.7. The zero-order chi connectivity index (χ0) is 23.3. The van der Waals surface area contributed by atoms with Gasteiger partial charge in [0.05, 0.1) is 6.61 Å². The second-order valence-electron chi connectivity index (χ2n) is 7.03. The number of hydrogen-bond acceptors (Lipinski definition) is 5. The van der Waals surface area contributed by atoms with Gasteiger partial charge in [0, 0.05) is 16.2 Å². The minimum Gasteiger partial charge on any atom is -0.490 e. The molecule has 1 aliphatic heterocycles. The molecule has 0 spiro atoms. The van der Waals surface area contributed by atoms with Gasteiger partial charge in [-0.05, 0) is 89.6 Å². The van der Waals surface area contributed by atoms with Crippen LogP contribution in [0.1, 0.15) is 23.6 Å². The molecular weight excluding hydrogens is 539 g/mol. The summed E-state index contributed by atoms with van der Waals surface area (Å²) in [7, 11) is 1.52. The van der Waals surface area contributed by atoms with Gasteiger partial charge in [-0.3, -0.25) is 19.8 Å². The van der Waals surface area contributed by atoms with E-state index >= 15 is 0 Å². The molecule has 32 heavy (non-hydrogen) atoms. The molecule has 2 amide bonds. The second-order valence-corrected chi connectivity index (χ2v) is 8.66. The van der Waals surface area contributed by atoms with Crippen LogP contribution in [0.3, 0.4) is 0 Å². The Morgan fingerprint density at radius 2 is 1.91 bits per heavy atom. The van der Waals surface area contributed by atoms with E-state index in [0.717, 1.165) is 14.7 Å². The zero-order valence-corrected chi connectivity index (χ0v) is 20.8. The van der Waals surface area contributed by atoms with Gasteiger partial charge in [-0.2, -0.15) is 0 Å². The van der Waals surface area contributed by atoms with Crippen molar-refractivity contribution >= 4 is 57.8 Å². The molecule has 0 saturated carbocycles. The lowest BCUT2D eigenvalue weighted by Gasteiger charge is -2.25. The molecule has 1 heterocycles. The van der Waals surface area contributed by atoms with Gasteiger partial charge in [-0.25, -0.2) is 0 Å². The number of allylic oxidation sites excluding steroid dienone is 1. The van der Waals surface area contributed by atoms with Crippen molar-refractivity contribution in [1.82, 2.24) is 10.2 Å². The molecular formula is C24H23IN2O4S. The highest BCUT2D eigenvalue weighted by molar-refractivity contribution is 14.1. The largest absolute Gasteiger partial charge is 0.490 e. The fourth-order valence-electron chi connectivity index (χ4n) is 3.15. The maximum Gasteiger partial charge on any atom is 0.265 e. The molecule has 8 heteroatoms. The lowest BCUT2D eigenvalue weighted by Crippen LogP contribution is -2.52. The number of hydrogen-bond donors (Lipinski definition) is 1. The third kappa shape index (κ3) is 5.55. The molecule has 3 rings (SSSR count). The van der Waals surface area contributed by atoms with Gasteiger partial charge in [0.25, 0.3) is 11.8 Å². The van der Waals surface area contributed by atoms with Crippen molar-refractivity contribution in [2.45, 2.75) is 20.0 Å². The number of amides is 2. The smallest absolute Gasteiger partial charge is 0.265 e. The predicted molar refractivity (Wildman–Crippen MR) is 136 cm³/mol. The molecule has 1 N–H and O–H groups in total. The fourth-order valence-corrected chi connectivity index (χ4v) is 3.68. The molecule has 0 unspecified atom stereocenters. The molecule has 0 atom stereocenters. The van der Waals surface area contributed by atoms with E-state index < -0.39 is 11.8 Å². The molecule has 0 bridgehead atoms. The first-order valence-corrected chi connectivity index (χ1v) is 11.5. The third-order valence-corrected chi connectivity index (χ3v) is 5.83.